The summed E-state index contributed by atoms with van der Waals surface area (Å²) in [6.45, 7) is 5.42. The Morgan fingerprint density at radius 1 is 1.47 bits per heavy atom. The van der Waals surface area contributed by atoms with Crippen LogP contribution in [0.3, 0.4) is 0 Å². The van der Waals surface area contributed by atoms with E-state index >= 15 is 0 Å². The zero-order valence-corrected chi connectivity index (χ0v) is 11.7. The molecule has 17 heavy (non-hydrogen) atoms. The van der Waals surface area contributed by atoms with Crippen LogP contribution in [0.5, 0.6) is 0 Å². The third-order valence-electron chi connectivity index (χ3n) is 2.86. The van der Waals surface area contributed by atoms with Gasteiger partial charge in [0, 0.05) is 6.54 Å². The number of rotatable bonds is 5. The molecule has 2 nitrogen and oxygen atoms in total. The molecule has 2 rings (SSSR count). The minimum atomic E-state index is 0.657. The van der Waals surface area contributed by atoms with Crippen LogP contribution in [0.1, 0.15) is 26.7 Å². The molecule has 0 saturated carbocycles. The smallest absolute Gasteiger partial charge is 0.106 e. The van der Waals surface area contributed by atoms with Crippen LogP contribution in [0.15, 0.2) is 17.6 Å². The van der Waals surface area contributed by atoms with Gasteiger partial charge in [-0.25, -0.2) is 4.98 Å². The summed E-state index contributed by atoms with van der Waals surface area (Å²) in [6.07, 6.45) is 2.45. The highest BCUT2D eigenvalue weighted by Crippen LogP contribution is 2.32. The molecule has 0 aliphatic rings. The molecule has 1 unspecified atom stereocenters. The van der Waals surface area contributed by atoms with Crippen LogP contribution in [0, 0.1) is 5.92 Å². The Kier molecular flexibility index (Phi) is 4.24. The molecule has 0 saturated heterocycles. The molecule has 0 aliphatic carbocycles. The Morgan fingerprint density at radius 3 is 3.06 bits per heavy atom. The van der Waals surface area contributed by atoms with Crippen molar-refractivity contribution in [3.63, 3.8) is 0 Å². The van der Waals surface area contributed by atoms with E-state index in [-0.39, 0.29) is 0 Å². The lowest BCUT2D eigenvalue weighted by molar-refractivity contribution is 0.551. The van der Waals surface area contributed by atoms with Gasteiger partial charge in [0.25, 0.3) is 0 Å². The minimum absolute atomic E-state index is 0.657. The highest BCUT2D eigenvalue weighted by molar-refractivity contribution is 7.16. The Balaban J connectivity index is 2.17. The van der Waals surface area contributed by atoms with Crippen molar-refractivity contribution in [2.24, 2.45) is 5.92 Å². The van der Waals surface area contributed by atoms with E-state index in [1.165, 1.54) is 17.5 Å². The highest BCUT2D eigenvalue weighted by atomic mass is 35.5. The van der Waals surface area contributed by atoms with E-state index in [0.717, 1.165) is 22.8 Å². The fourth-order valence-corrected chi connectivity index (χ4v) is 2.85. The molecule has 0 spiro atoms. The van der Waals surface area contributed by atoms with Crippen LogP contribution in [0.4, 0.5) is 5.69 Å². The quantitative estimate of drug-likeness (QED) is 0.843. The van der Waals surface area contributed by atoms with Gasteiger partial charge in [0.2, 0.25) is 0 Å². The van der Waals surface area contributed by atoms with E-state index in [9.17, 15) is 0 Å². The molecular formula is C13H17ClN2S. The lowest BCUT2D eigenvalue weighted by atomic mass is 10.1. The monoisotopic (exact) mass is 268 g/mol. The van der Waals surface area contributed by atoms with Gasteiger partial charge in [0.15, 0.2) is 0 Å². The Bertz CT molecular complexity index is 495. The maximum Gasteiger partial charge on any atom is 0.106 e. The normalized spacial score (nSPS) is 12.9. The zero-order valence-electron chi connectivity index (χ0n) is 10.2. The highest BCUT2D eigenvalue weighted by Gasteiger charge is 2.09. The van der Waals surface area contributed by atoms with Crippen LogP contribution in [-0.4, -0.2) is 11.5 Å². The molecular weight excluding hydrogens is 252 g/mol. The summed E-state index contributed by atoms with van der Waals surface area (Å²) in [5.74, 6) is 0.657. The fraction of sp³-hybridized carbons (Fsp3) is 0.462. The van der Waals surface area contributed by atoms with E-state index in [0.29, 0.717) is 5.92 Å². The fourth-order valence-electron chi connectivity index (χ4n) is 1.95. The summed E-state index contributed by atoms with van der Waals surface area (Å²) in [5, 5.41) is 4.20. The molecule has 92 valence electrons. The molecule has 0 radical (unpaired) electrons. The molecule has 0 bridgehead atoms. The van der Waals surface area contributed by atoms with Gasteiger partial charge < -0.3 is 5.32 Å². The Hall–Kier alpha value is -0.800. The lowest BCUT2D eigenvalue weighted by Gasteiger charge is -2.14. The molecule has 1 N–H and O–H groups in total. The van der Waals surface area contributed by atoms with Gasteiger partial charge in [0.05, 0.1) is 20.9 Å². The van der Waals surface area contributed by atoms with Crippen LogP contribution < -0.4 is 5.32 Å². The maximum atomic E-state index is 6.22. The van der Waals surface area contributed by atoms with E-state index in [1.54, 1.807) is 11.3 Å². The molecule has 1 heterocycles. The van der Waals surface area contributed by atoms with Crippen molar-refractivity contribution in [1.29, 1.82) is 0 Å². The molecule has 0 aliphatic heterocycles. The number of thiazole rings is 1. The van der Waals surface area contributed by atoms with E-state index in [1.807, 2.05) is 17.6 Å². The summed E-state index contributed by atoms with van der Waals surface area (Å²) in [4.78, 5) is 4.37. The van der Waals surface area contributed by atoms with Crippen molar-refractivity contribution < 1.29 is 0 Å². The van der Waals surface area contributed by atoms with Crippen molar-refractivity contribution in [3.05, 3.63) is 22.7 Å². The van der Waals surface area contributed by atoms with Gasteiger partial charge >= 0.3 is 0 Å². The van der Waals surface area contributed by atoms with Gasteiger partial charge in [-0.05, 0) is 24.5 Å². The first-order valence-corrected chi connectivity index (χ1v) is 7.23. The van der Waals surface area contributed by atoms with Crippen molar-refractivity contribution in [1.82, 2.24) is 4.98 Å². The summed E-state index contributed by atoms with van der Waals surface area (Å²) < 4.78 is 1.18. The number of hydrogen-bond acceptors (Lipinski definition) is 3. The Morgan fingerprint density at radius 2 is 2.29 bits per heavy atom. The third-order valence-corrected chi connectivity index (χ3v) is 3.97. The van der Waals surface area contributed by atoms with Crippen molar-refractivity contribution >= 4 is 38.8 Å². The zero-order chi connectivity index (χ0) is 12.3. The number of aromatic nitrogens is 1. The predicted molar refractivity (Wildman–Crippen MR) is 77.2 cm³/mol. The standard InChI is InChI=1S/C13H17ClN2S/c1-3-4-9(2)7-15-12-10(14)5-6-11-13(12)16-8-17-11/h5-6,8-9,15H,3-4,7H2,1-2H3. The van der Waals surface area contributed by atoms with E-state index in [2.05, 4.69) is 24.1 Å². The van der Waals surface area contributed by atoms with Crippen LogP contribution >= 0.6 is 22.9 Å². The summed E-state index contributed by atoms with van der Waals surface area (Å²) in [5.41, 5.74) is 3.83. The Labute approximate surface area is 111 Å². The van der Waals surface area contributed by atoms with Crippen LogP contribution in [0.2, 0.25) is 5.02 Å². The molecule has 0 amide bonds. The lowest BCUT2D eigenvalue weighted by Crippen LogP contribution is -2.11. The van der Waals surface area contributed by atoms with E-state index in [4.69, 9.17) is 11.6 Å². The molecule has 1 aromatic carbocycles. The first-order chi connectivity index (χ1) is 8.22. The summed E-state index contributed by atoms with van der Waals surface area (Å²) >= 11 is 7.87. The second-order valence-corrected chi connectivity index (χ2v) is 5.69. The largest absolute Gasteiger partial charge is 0.382 e. The second kappa shape index (κ2) is 5.69. The second-order valence-electron chi connectivity index (χ2n) is 4.40. The van der Waals surface area contributed by atoms with E-state index < -0.39 is 0 Å². The van der Waals surface area contributed by atoms with Gasteiger partial charge in [-0.15, -0.1) is 11.3 Å². The first kappa shape index (κ1) is 12.7. The third kappa shape index (κ3) is 2.90. The molecule has 0 fully saturated rings. The number of nitrogens with zero attached hydrogens (tertiary/aromatic N) is 1. The number of anilines is 1. The average molecular weight is 269 g/mol. The number of hydrogen-bond donors (Lipinski definition) is 1. The number of fused-ring (bicyclic) bond motifs is 1. The number of benzene rings is 1. The maximum absolute atomic E-state index is 6.22. The van der Waals surface area contributed by atoms with Gasteiger partial charge in [-0.1, -0.05) is 31.9 Å². The average Bonchev–Trinajstić information content (AvgIpc) is 2.76. The SMILES string of the molecule is CCCC(C)CNc1c(Cl)ccc2scnc12. The summed E-state index contributed by atoms with van der Waals surface area (Å²) in [7, 11) is 0. The van der Waals surface area contributed by atoms with Gasteiger partial charge in [-0.2, -0.15) is 0 Å². The van der Waals surface area contributed by atoms with Gasteiger partial charge in [-0.3, -0.25) is 0 Å². The number of nitrogens with one attached hydrogen (secondary N) is 1. The van der Waals surface area contributed by atoms with Crippen molar-refractivity contribution in [2.45, 2.75) is 26.7 Å². The molecule has 4 heteroatoms. The first-order valence-electron chi connectivity index (χ1n) is 5.98. The van der Waals surface area contributed by atoms with Crippen LogP contribution in [-0.2, 0) is 0 Å². The molecule has 1 aromatic heterocycles. The summed E-state index contributed by atoms with van der Waals surface area (Å²) in [6, 6.07) is 3.96. The molecule has 1 atom stereocenters. The molecule has 2 aromatic rings. The topological polar surface area (TPSA) is 24.9 Å². The van der Waals surface area contributed by atoms with Gasteiger partial charge in [0.1, 0.15) is 5.52 Å². The van der Waals surface area contributed by atoms with Crippen LogP contribution in [0.25, 0.3) is 10.2 Å². The van der Waals surface area contributed by atoms with Crippen molar-refractivity contribution in [3.8, 4) is 0 Å². The minimum Gasteiger partial charge on any atom is -0.382 e. The predicted octanol–water partition coefficient (Wildman–Crippen LogP) is 4.80. The number of halogens is 1. The van der Waals surface area contributed by atoms with Crippen molar-refractivity contribution in [2.75, 3.05) is 11.9 Å².